The van der Waals surface area contributed by atoms with Crippen molar-refractivity contribution in [2.24, 2.45) is 0 Å². The summed E-state index contributed by atoms with van der Waals surface area (Å²) in [4.78, 5) is 13.8. The second kappa shape index (κ2) is 8.63. The molecule has 1 heterocycles. The Bertz CT molecular complexity index is 455. The van der Waals surface area contributed by atoms with Gasteiger partial charge in [0, 0.05) is 19.5 Å². The summed E-state index contributed by atoms with van der Waals surface area (Å²) < 4.78 is 10.7. The van der Waals surface area contributed by atoms with E-state index in [4.69, 9.17) is 9.47 Å². The predicted molar refractivity (Wildman–Crippen MR) is 86.4 cm³/mol. The number of carbonyl (C=O) groups is 1. The lowest BCUT2D eigenvalue weighted by Gasteiger charge is -2.18. The smallest absolute Gasteiger partial charge is 0.222 e. The summed E-state index contributed by atoms with van der Waals surface area (Å²) in [6, 6.07) is 7.98. The molecule has 1 amide bonds. The van der Waals surface area contributed by atoms with Crippen LogP contribution in [0.5, 0.6) is 11.5 Å². The lowest BCUT2D eigenvalue weighted by molar-refractivity contribution is -0.130. The number of rotatable bonds is 8. The highest BCUT2D eigenvalue weighted by atomic mass is 16.5. The zero-order chi connectivity index (χ0) is 15.8. The van der Waals surface area contributed by atoms with E-state index < -0.39 is 0 Å². The molecule has 1 aromatic carbocycles. The van der Waals surface area contributed by atoms with Gasteiger partial charge in [0.15, 0.2) is 0 Å². The van der Waals surface area contributed by atoms with E-state index in [0.717, 1.165) is 24.5 Å². The van der Waals surface area contributed by atoms with Gasteiger partial charge >= 0.3 is 0 Å². The van der Waals surface area contributed by atoms with Gasteiger partial charge in [-0.25, -0.2) is 0 Å². The fourth-order valence-corrected chi connectivity index (χ4v) is 2.59. The Morgan fingerprint density at radius 1 is 1.32 bits per heavy atom. The Morgan fingerprint density at radius 2 is 2.05 bits per heavy atom. The van der Waals surface area contributed by atoms with Crippen LogP contribution in [-0.4, -0.2) is 50.7 Å². The van der Waals surface area contributed by atoms with Crippen molar-refractivity contribution in [2.75, 3.05) is 33.9 Å². The largest absolute Gasteiger partial charge is 0.497 e. The summed E-state index contributed by atoms with van der Waals surface area (Å²) in [5.41, 5.74) is 0. The Morgan fingerprint density at radius 3 is 2.68 bits per heavy atom. The first-order valence-electron chi connectivity index (χ1n) is 7.93. The van der Waals surface area contributed by atoms with Crippen LogP contribution in [0.3, 0.4) is 0 Å². The molecule has 5 nitrogen and oxygen atoms in total. The summed E-state index contributed by atoms with van der Waals surface area (Å²) in [6.45, 7) is 2.18. The lowest BCUT2D eigenvalue weighted by atomic mass is 10.1. The first-order valence-corrected chi connectivity index (χ1v) is 7.93. The van der Waals surface area contributed by atoms with Gasteiger partial charge in [0.05, 0.1) is 13.7 Å². The number of hydrogen-bond donors (Lipinski definition) is 1. The third kappa shape index (κ3) is 5.22. The van der Waals surface area contributed by atoms with Crippen molar-refractivity contribution in [3.8, 4) is 11.5 Å². The number of nitrogens with one attached hydrogen (secondary N) is 1. The van der Waals surface area contributed by atoms with Crippen LogP contribution in [0.1, 0.15) is 25.7 Å². The summed E-state index contributed by atoms with van der Waals surface area (Å²) >= 11 is 0. The first kappa shape index (κ1) is 16.6. The van der Waals surface area contributed by atoms with Crippen molar-refractivity contribution >= 4 is 5.91 Å². The van der Waals surface area contributed by atoms with E-state index >= 15 is 0 Å². The fraction of sp³-hybridized carbons (Fsp3) is 0.588. The molecule has 2 rings (SSSR count). The summed E-state index contributed by atoms with van der Waals surface area (Å²) in [6.07, 6.45) is 3.96. The number of benzene rings is 1. The molecule has 1 aromatic rings. The van der Waals surface area contributed by atoms with E-state index in [9.17, 15) is 4.79 Å². The molecule has 1 fully saturated rings. The zero-order valence-electron chi connectivity index (χ0n) is 13.5. The molecule has 0 bridgehead atoms. The van der Waals surface area contributed by atoms with Crippen LogP contribution in [-0.2, 0) is 4.79 Å². The molecule has 1 N–H and O–H groups in total. The van der Waals surface area contributed by atoms with Gasteiger partial charge in [-0.15, -0.1) is 0 Å². The number of amides is 1. The topological polar surface area (TPSA) is 50.8 Å². The molecular weight excluding hydrogens is 280 g/mol. The van der Waals surface area contributed by atoms with Crippen molar-refractivity contribution in [1.29, 1.82) is 0 Å². The molecule has 0 aliphatic carbocycles. The van der Waals surface area contributed by atoms with E-state index in [-0.39, 0.29) is 5.91 Å². The molecule has 1 aliphatic heterocycles. The lowest BCUT2D eigenvalue weighted by Crippen LogP contribution is -2.32. The van der Waals surface area contributed by atoms with Gasteiger partial charge < -0.3 is 19.7 Å². The molecule has 1 atom stereocenters. The van der Waals surface area contributed by atoms with Gasteiger partial charge in [0.25, 0.3) is 0 Å². The second-order valence-electron chi connectivity index (χ2n) is 5.67. The quantitative estimate of drug-likeness (QED) is 0.799. The molecule has 1 saturated heterocycles. The van der Waals surface area contributed by atoms with Gasteiger partial charge in [-0.1, -0.05) is 0 Å². The molecular formula is C17H26N2O3. The average molecular weight is 306 g/mol. The molecule has 0 radical (unpaired) electrons. The summed E-state index contributed by atoms with van der Waals surface area (Å²) in [5, 5.41) is 3.42. The number of carbonyl (C=O) groups excluding carboxylic acids is 1. The molecule has 5 heteroatoms. The van der Waals surface area contributed by atoms with Crippen molar-refractivity contribution in [3.63, 3.8) is 0 Å². The zero-order valence-corrected chi connectivity index (χ0v) is 13.5. The summed E-state index contributed by atoms with van der Waals surface area (Å²) in [7, 11) is 3.47. The maximum absolute atomic E-state index is 12.1. The molecule has 0 aromatic heterocycles. The molecule has 22 heavy (non-hydrogen) atoms. The van der Waals surface area contributed by atoms with Crippen molar-refractivity contribution in [2.45, 2.75) is 31.7 Å². The second-order valence-corrected chi connectivity index (χ2v) is 5.67. The van der Waals surface area contributed by atoms with Crippen LogP contribution >= 0.6 is 0 Å². The Kier molecular flexibility index (Phi) is 6.52. The van der Waals surface area contributed by atoms with Crippen LogP contribution in [0.15, 0.2) is 24.3 Å². The van der Waals surface area contributed by atoms with Gasteiger partial charge in [-0.2, -0.15) is 0 Å². The molecule has 0 spiro atoms. The van der Waals surface area contributed by atoms with Gasteiger partial charge in [-0.3, -0.25) is 4.79 Å². The highest BCUT2D eigenvalue weighted by molar-refractivity contribution is 5.75. The normalized spacial score (nSPS) is 17.3. The third-order valence-corrected chi connectivity index (χ3v) is 4.05. The Labute approximate surface area is 132 Å². The molecule has 1 aliphatic rings. The number of methoxy groups -OCH3 is 1. The highest BCUT2D eigenvalue weighted by Gasteiger charge is 2.16. The number of hydrogen-bond acceptors (Lipinski definition) is 4. The predicted octanol–water partition coefficient (Wildman–Crippen LogP) is 2.06. The van der Waals surface area contributed by atoms with Gasteiger partial charge in [0.2, 0.25) is 5.91 Å². The maximum atomic E-state index is 12.1. The average Bonchev–Trinajstić information content (AvgIpc) is 3.06. The number of ether oxygens (including phenoxy) is 2. The first-order chi connectivity index (χ1) is 10.7. The summed E-state index contributed by atoms with van der Waals surface area (Å²) in [5.74, 6) is 1.78. The van der Waals surface area contributed by atoms with E-state index in [0.29, 0.717) is 25.6 Å². The van der Waals surface area contributed by atoms with Crippen molar-refractivity contribution in [3.05, 3.63) is 24.3 Å². The standard InChI is InChI=1S/C17H26N2O3/c1-19(17(20)10-5-14-4-3-11-18-14)12-13-22-16-8-6-15(21-2)7-9-16/h6-9,14,18H,3-5,10-13H2,1-2H3. The third-order valence-electron chi connectivity index (χ3n) is 4.05. The molecule has 122 valence electrons. The van der Waals surface area contributed by atoms with Crippen LogP contribution in [0.25, 0.3) is 0 Å². The molecule has 0 saturated carbocycles. The van der Waals surface area contributed by atoms with Crippen LogP contribution in [0.4, 0.5) is 0 Å². The van der Waals surface area contributed by atoms with Crippen molar-refractivity contribution in [1.82, 2.24) is 10.2 Å². The minimum atomic E-state index is 0.187. The highest BCUT2D eigenvalue weighted by Crippen LogP contribution is 2.17. The Balaban J connectivity index is 1.63. The van der Waals surface area contributed by atoms with E-state index in [1.165, 1.54) is 12.8 Å². The fourth-order valence-electron chi connectivity index (χ4n) is 2.59. The van der Waals surface area contributed by atoms with Gasteiger partial charge in [0.1, 0.15) is 18.1 Å². The van der Waals surface area contributed by atoms with E-state index in [1.807, 2.05) is 31.3 Å². The molecule has 1 unspecified atom stereocenters. The van der Waals surface area contributed by atoms with Gasteiger partial charge in [-0.05, 0) is 50.1 Å². The van der Waals surface area contributed by atoms with Crippen molar-refractivity contribution < 1.29 is 14.3 Å². The van der Waals surface area contributed by atoms with Crippen LogP contribution < -0.4 is 14.8 Å². The Hall–Kier alpha value is -1.75. The monoisotopic (exact) mass is 306 g/mol. The SMILES string of the molecule is COc1ccc(OCCN(C)C(=O)CCC2CCCN2)cc1. The van der Waals surface area contributed by atoms with E-state index in [1.54, 1.807) is 12.0 Å². The minimum Gasteiger partial charge on any atom is -0.497 e. The minimum absolute atomic E-state index is 0.187. The van der Waals surface area contributed by atoms with E-state index in [2.05, 4.69) is 5.32 Å². The number of likely N-dealkylation sites (N-methyl/N-ethyl adjacent to an activating group) is 1. The number of nitrogens with zero attached hydrogens (tertiary/aromatic N) is 1. The van der Waals surface area contributed by atoms with Crippen LogP contribution in [0.2, 0.25) is 0 Å². The maximum Gasteiger partial charge on any atom is 0.222 e. The van der Waals surface area contributed by atoms with Crippen LogP contribution in [0, 0.1) is 0 Å².